The van der Waals surface area contributed by atoms with Crippen LogP contribution in [0.25, 0.3) is 0 Å². The van der Waals surface area contributed by atoms with E-state index in [4.69, 9.17) is 4.74 Å². The summed E-state index contributed by atoms with van der Waals surface area (Å²) in [5.74, 6) is -0.937. The number of aliphatic hydroxyl groups is 1. The molecule has 2 aromatic carbocycles. The van der Waals surface area contributed by atoms with Crippen molar-refractivity contribution in [2.24, 2.45) is 0 Å². The second-order valence-corrected chi connectivity index (χ2v) is 4.90. The monoisotopic (exact) mass is 328 g/mol. The lowest BCUT2D eigenvalue weighted by molar-refractivity contribution is 0.198. The molecule has 0 spiro atoms. The highest BCUT2D eigenvalue weighted by Crippen LogP contribution is 2.32. The summed E-state index contributed by atoms with van der Waals surface area (Å²) < 4.78 is 32.7. The number of hydrogen-bond acceptors (Lipinski definition) is 2. The summed E-state index contributed by atoms with van der Waals surface area (Å²) in [7, 11) is 0. The van der Waals surface area contributed by atoms with Gasteiger partial charge in [0.1, 0.15) is 11.6 Å². The van der Waals surface area contributed by atoms with Gasteiger partial charge in [0.25, 0.3) is 0 Å². The zero-order valence-electron chi connectivity index (χ0n) is 10.0. The largest absolute Gasteiger partial charge is 0.453 e. The average Bonchev–Trinajstić information content (AvgIpc) is 2.36. The van der Waals surface area contributed by atoms with Crippen molar-refractivity contribution in [2.45, 2.75) is 13.0 Å². The van der Waals surface area contributed by atoms with E-state index < -0.39 is 17.7 Å². The molecule has 2 nitrogen and oxygen atoms in total. The summed E-state index contributed by atoms with van der Waals surface area (Å²) in [6.45, 7) is 1.54. The van der Waals surface area contributed by atoms with Crippen molar-refractivity contribution in [1.29, 1.82) is 0 Å². The van der Waals surface area contributed by atoms with Crippen molar-refractivity contribution < 1.29 is 18.6 Å². The van der Waals surface area contributed by atoms with Crippen molar-refractivity contribution in [1.82, 2.24) is 0 Å². The summed E-state index contributed by atoms with van der Waals surface area (Å²) in [4.78, 5) is 0. The molecule has 0 radical (unpaired) electrons. The van der Waals surface area contributed by atoms with Gasteiger partial charge in [-0.15, -0.1) is 0 Å². The van der Waals surface area contributed by atoms with E-state index in [0.717, 1.165) is 6.07 Å². The Labute approximate surface area is 117 Å². The lowest BCUT2D eigenvalue weighted by Crippen LogP contribution is -1.95. The van der Waals surface area contributed by atoms with Crippen LogP contribution in [0.5, 0.6) is 11.5 Å². The first kappa shape index (κ1) is 14.0. The Bertz CT molecular complexity index is 600. The predicted octanol–water partition coefficient (Wildman–Crippen LogP) is 4.57. The maximum atomic E-state index is 13.8. The molecular formula is C14H11BrF2O2. The van der Waals surface area contributed by atoms with Crippen molar-refractivity contribution in [3.63, 3.8) is 0 Å². The highest BCUT2D eigenvalue weighted by molar-refractivity contribution is 9.10. The average molecular weight is 329 g/mol. The molecule has 0 amide bonds. The van der Waals surface area contributed by atoms with Crippen molar-refractivity contribution in [3.8, 4) is 11.5 Å². The molecule has 0 aromatic heterocycles. The molecule has 5 heteroatoms. The van der Waals surface area contributed by atoms with Gasteiger partial charge in [0.05, 0.1) is 10.6 Å². The van der Waals surface area contributed by atoms with Gasteiger partial charge in [-0.2, -0.15) is 0 Å². The van der Waals surface area contributed by atoms with Crippen LogP contribution in [0.2, 0.25) is 0 Å². The van der Waals surface area contributed by atoms with Gasteiger partial charge in [0, 0.05) is 6.07 Å². The van der Waals surface area contributed by atoms with Gasteiger partial charge in [0.15, 0.2) is 11.6 Å². The van der Waals surface area contributed by atoms with Crippen LogP contribution < -0.4 is 4.74 Å². The molecule has 2 aromatic rings. The van der Waals surface area contributed by atoms with Gasteiger partial charge < -0.3 is 9.84 Å². The molecule has 0 saturated carbocycles. The Kier molecular flexibility index (Phi) is 4.17. The van der Waals surface area contributed by atoms with E-state index >= 15 is 0 Å². The molecule has 0 aliphatic heterocycles. The standard InChI is InChI=1S/C14H11BrF2O2/c1-8(18)9-2-5-13(12(17)6-9)19-14-7-10(16)3-4-11(14)15/h2-8,18H,1H3/t8-/m1/s1. The maximum absolute atomic E-state index is 13.8. The molecule has 1 N–H and O–H groups in total. The minimum Gasteiger partial charge on any atom is -0.453 e. The van der Waals surface area contributed by atoms with E-state index in [1.165, 1.54) is 24.3 Å². The van der Waals surface area contributed by atoms with Crippen LogP contribution in [-0.2, 0) is 0 Å². The topological polar surface area (TPSA) is 29.5 Å². The second kappa shape index (κ2) is 5.67. The third kappa shape index (κ3) is 3.30. The van der Waals surface area contributed by atoms with Crippen LogP contribution in [-0.4, -0.2) is 5.11 Å². The van der Waals surface area contributed by atoms with Crippen molar-refractivity contribution >= 4 is 15.9 Å². The van der Waals surface area contributed by atoms with Gasteiger partial charge in [0.2, 0.25) is 0 Å². The summed E-state index contributed by atoms with van der Waals surface area (Å²) in [6, 6.07) is 8.04. The van der Waals surface area contributed by atoms with Gasteiger partial charge in [-0.3, -0.25) is 0 Å². The van der Waals surface area contributed by atoms with Crippen LogP contribution in [0, 0.1) is 11.6 Å². The van der Waals surface area contributed by atoms with Crippen LogP contribution in [0.15, 0.2) is 40.9 Å². The molecule has 1 atom stereocenters. The van der Waals surface area contributed by atoms with E-state index in [1.807, 2.05) is 0 Å². The van der Waals surface area contributed by atoms with E-state index in [2.05, 4.69) is 15.9 Å². The molecule has 100 valence electrons. The normalized spacial score (nSPS) is 12.3. The quantitative estimate of drug-likeness (QED) is 0.894. The Morgan fingerprint density at radius 1 is 1.11 bits per heavy atom. The minimum atomic E-state index is -0.760. The van der Waals surface area contributed by atoms with Crippen LogP contribution >= 0.6 is 15.9 Å². The zero-order valence-corrected chi connectivity index (χ0v) is 11.6. The molecule has 0 heterocycles. The van der Waals surface area contributed by atoms with Gasteiger partial charge in [-0.25, -0.2) is 8.78 Å². The molecule has 0 saturated heterocycles. The first-order chi connectivity index (χ1) is 8.97. The maximum Gasteiger partial charge on any atom is 0.166 e. The molecule has 0 aliphatic carbocycles. The highest BCUT2D eigenvalue weighted by Gasteiger charge is 2.11. The third-order valence-corrected chi connectivity index (χ3v) is 3.21. The van der Waals surface area contributed by atoms with Crippen LogP contribution in [0.1, 0.15) is 18.6 Å². The van der Waals surface area contributed by atoms with E-state index in [0.29, 0.717) is 10.0 Å². The summed E-state index contributed by atoms with van der Waals surface area (Å²) in [5.41, 5.74) is 0.447. The Morgan fingerprint density at radius 3 is 2.47 bits per heavy atom. The Balaban J connectivity index is 2.31. The number of rotatable bonds is 3. The second-order valence-electron chi connectivity index (χ2n) is 4.04. The fourth-order valence-corrected chi connectivity index (χ4v) is 1.86. The number of benzene rings is 2. The zero-order chi connectivity index (χ0) is 14.0. The summed E-state index contributed by atoms with van der Waals surface area (Å²) in [5, 5.41) is 9.34. The SMILES string of the molecule is C[C@@H](O)c1ccc(Oc2cc(F)ccc2Br)c(F)c1. The van der Waals surface area contributed by atoms with Crippen molar-refractivity contribution in [3.05, 3.63) is 58.1 Å². The van der Waals surface area contributed by atoms with E-state index in [-0.39, 0.29) is 11.5 Å². The van der Waals surface area contributed by atoms with Crippen LogP contribution in [0.4, 0.5) is 8.78 Å². The van der Waals surface area contributed by atoms with Crippen molar-refractivity contribution in [2.75, 3.05) is 0 Å². The van der Waals surface area contributed by atoms with Gasteiger partial charge in [-0.1, -0.05) is 6.07 Å². The lowest BCUT2D eigenvalue weighted by atomic mass is 10.1. The molecular weight excluding hydrogens is 318 g/mol. The lowest BCUT2D eigenvalue weighted by Gasteiger charge is -2.11. The molecule has 0 fully saturated rings. The fourth-order valence-electron chi connectivity index (χ4n) is 1.53. The first-order valence-corrected chi connectivity index (χ1v) is 6.37. The highest BCUT2D eigenvalue weighted by atomic mass is 79.9. The summed E-state index contributed by atoms with van der Waals surface area (Å²) >= 11 is 3.20. The van der Waals surface area contributed by atoms with E-state index in [1.54, 1.807) is 13.0 Å². The fraction of sp³-hybridized carbons (Fsp3) is 0.143. The Hall–Kier alpha value is -1.46. The number of halogens is 3. The smallest absolute Gasteiger partial charge is 0.166 e. The first-order valence-electron chi connectivity index (χ1n) is 5.58. The molecule has 0 bridgehead atoms. The number of ether oxygens (including phenoxy) is 1. The minimum absolute atomic E-state index is 0.0318. The number of hydrogen-bond donors (Lipinski definition) is 1. The molecule has 0 unspecified atom stereocenters. The molecule has 0 aliphatic rings. The van der Waals surface area contributed by atoms with Gasteiger partial charge >= 0.3 is 0 Å². The summed E-state index contributed by atoms with van der Waals surface area (Å²) in [6.07, 6.45) is -0.760. The molecule has 2 rings (SSSR count). The number of aliphatic hydroxyl groups excluding tert-OH is 1. The predicted molar refractivity (Wildman–Crippen MR) is 71.2 cm³/mol. The van der Waals surface area contributed by atoms with Gasteiger partial charge in [-0.05, 0) is 52.7 Å². The van der Waals surface area contributed by atoms with Crippen LogP contribution in [0.3, 0.4) is 0 Å². The Morgan fingerprint density at radius 2 is 1.84 bits per heavy atom. The molecule has 19 heavy (non-hydrogen) atoms. The third-order valence-electron chi connectivity index (χ3n) is 2.55. The van der Waals surface area contributed by atoms with E-state index in [9.17, 15) is 13.9 Å².